The van der Waals surface area contributed by atoms with Gasteiger partial charge in [-0.3, -0.25) is 0 Å². The lowest BCUT2D eigenvalue weighted by Gasteiger charge is -2.31. The van der Waals surface area contributed by atoms with Gasteiger partial charge < -0.3 is 9.64 Å². The lowest BCUT2D eigenvalue weighted by atomic mass is 10.1. The van der Waals surface area contributed by atoms with Crippen molar-refractivity contribution in [3.8, 4) is 6.07 Å². The maximum absolute atomic E-state index is 10.2. The molecule has 0 aromatic rings. The summed E-state index contributed by atoms with van der Waals surface area (Å²) in [6.07, 6.45) is 2.85. The van der Waals surface area contributed by atoms with E-state index in [-0.39, 0.29) is 12.7 Å². The molecule has 0 unspecified atom stereocenters. The first-order chi connectivity index (χ1) is 6.86. The van der Waals surface area contributed by atoms with Crippen molar-refractivity contribution in [1.82, 2.24) is 4.90 Å². The predicted octanol–water partition coefficient (Wildman–Crippen LogP) is 0.812. The maximum Gasteiger partial charge on any atom is 0.106 e. The third-order valence-corrected chi connectivity index (χ3v) is 2.51. The van der Waals surface area contributed by atoms with Crippen LogP contribution in [0.25, 0.3) is 0 Å². The number of rotatable bonds is 5. The number of piperidine rings is 1. The zero-order valence-corrected chi connectivity index (χ0v) is 8.45. The third-order valence-electron chi connectivity index (χ3n) is 2.51. The third kappa shape index (κ3) is 4.05. The number of ether oxygens (including phenoxy) is 1. The number of hydrogen-bond acceptors (Lipinski definition) is 3. The van der Waals surface area contributed by atoms with Crippen molar-refractivity contribution in [2.75, 3.05) is 32.8 Å². The first-order valence-corrected chi connectivity index (χ1v) is 5.16. The lowest BCUT2D eigenvalue weighted by Crippen LogP contribution is -2.37. The minimum atomic E-state index is -0.144. The molecule has 0 bridgehead atoms. The molecule has 1 fully saturated rings. The lowest BCUT2D eigenvalue weighted by molar-refractivity contribution is -0.0180. The monoisotopic (exact) mass is 197 g/mol. The Morgan fingerprint density at radius 2 is 2.14 bits per heavy atom. The molecule has 0 N–H and O–H groups in total. The molecule has 1 aliphatic heterocycles. The molecule has 14 heavy (non-hydrogen) atoms. The average molecular weight is 197 g/mol. The first-order valence-electron chi connectivity index (χ1n) is 5.16. The highest BCUT2D eigenvalue weighted by atomic mass is 16.5. The summed E-state index contributed by atoms with van der Waals surface area (Å²) in [7, 11) is 0. The van der Waals surface area contributed by atoms with Gasteiger partial charge in [0.15, 0.2) is 0 Å². The average Bonchev–Trinajstić information content (AvgIpc) is 2.25. The van der Waals surface area contributed by atoms with E-state index in [0.717, 1.165) is 32.5 Å². The highest BCUT2D eigenvalue weighted by Gasteiger charge is 2.18. The largest absolute Gasteiger partial charge is 0.376 e. The minimum absolute atomic E-state index is 0.144. The van der Waals surface area contributed by atoms with Crippen LogP contribution in [0.1, 0.15) is 19.3 Å². The van der Waals surface area contributed by atoms with Gasteiger partial charge in [-0.05, 0) is 12.8 Å². The number of hydrogen-bond donors (Lipinski definition) is 0. The molecular formula is C10H17N2O2. The Labute approximate surface area is 85.1 Å². The molecule has 4 nitrogen and oxygen atoms in total. The summed E-state index contributed by atoms with van der Waals surface area (Å²) in [5, 5.41) is 18.6. The van der Waals surface area contributed by atoms with Crippen LogP contribution < -0.4 is 0 Å². The highest BCUT2D eigenvalue weighted by Crippen LogP contribution is 2.13. The molecule has 1 heterocycles. The number of nitrogens with zero attached hydrogens (tertiary/aromatic N) is 2. The van der Waals surface area contributed by atoms with Crippen LogP contribution in [0, 0.1) is 11.3 Å². The quantitative estimate of drug-likeness (QED) is 0.655. The fraction of sp³-hybridized carbons (Fsp3) is 0.900. The van der Waals surface area contributed by atoms with Crippen molar-refractivity contribution in [1.29, 1.82) is 5.26 Å². The van der Waals surface area contributed by atoms with Crippen LogP contribution >= 0.6 is 0 Å². The fourth-order valence-electron chi connectivity index (χ4n) is 1.72. The standard InChI is InChI=1S/C10H17N2O2/c11-4-1-5-12-6-2-10(3-7-12)14-9-8-13/h10H,1-3,5-9H2. The zero-order valence-electron chi connectivity index (χ0n) is 8.45. The SMILES string of the molecule is N#CCCN1CCC(OCC[O])CC1. The van der Waals surface area contributed by atoms with E-state index in [1.54, 1.807) is 0 Å². The van der Waals surface area contributed by atoms with E-state index >= 15 is 0 Å². The molecular weight excluding hydrogens is 180 g/mol. The van der Waals surface area contributed by atoms with Crippen molar-refractivity contribution < 1.29 is 9.84 Å². The first kappa shape index (κ1) is 11.4. The van der Waals surface area contributed by atoms with E-state index in [4.69, 9.17) is 10.00 Å². The summed E-state index contributed by atoms with van der Waals surface area (Å²) < 4.78 is 5.38. The van der Waals surface area contributed by atoms with E-state index in [1.165, 1.54) is 0 Å². The Morgan fingerprint density at radius 3 is 2.71 bits per heavy atom. The molecule has 4 heteroatoms. The van der Waals surface area contributed by atoms with Gasteiger partial charge in [0, 0.05) is 26.1 Å². The second kappa shape index (κ2) is 6.77. The van der Waals surface area contributed by atoms with Gasteiger partial charge >= 0.3 is 0 Å². The van der Waals surface area contributed by atoms with Crippen LogP contribution in [-0.2, 0) is 9.84 Å². The van der Waals surface area contributed by atoms with Crippen LogP contribution in [0.3, 0.4) is 0 Å². The Kier molecular flexibility index (Phi) is 5.53. The minimum Gasteiger partial charge on any atom is -0.376 e. The topological polar surface area (TPSA) is 56.2 Å². The van der Waals surface area contributed by atoms with Gasteiger partial charge in [-0.1, -0.05) is 0 Å². The van der Waals surface area contributed by atoms with Crippen LogP contribution in [-0.4, -0.2) is 43.9 Å². The summed E-state index contributed by atoms with van der Waals surface area (Å²) in [6, 6.07) is 2.15. The van der Waals surface area contributed by atoms with Crippen LogP contribution in [0.5, 0.6) is 0 Å². The maximum atomic E-state index is 10.2. The summed E-state index contributed by atoms with van der Waals surface area (Å²) in [6.45, 7) is 3.04. The van der Waals surface area contributed by atoms with E-state index in [1.807, 2.05) is 0 Å². The second-order valence-electron chi connectivity index (χ2n) is 3.52. The van der Waals surface area contributed by atoms with Crippen molar-refractivity contribution >= 4 is 0 Å². The fourth-order valence-corrected chi connectivity index (χ4v) is 1.72. The normalized spacial score (nSPS) is 19.4. The summed E-state index contributed by atoms with van der Waals surface area (Å²) >= 11 is 0. The second-order valence-corrected chi connectivity index (χ2v) is 3.52. The van der Waals surface area contributed by atoms with Gasteiger partial charge in [0.05, 0.1) is 18.8 Å². The molecule has 1 saturated heterocycles. The molecule has 0 aliphatic carbocycles. The molecule has 79 valence electrons. The Morgan fingerprint density at radius 1 is 1.43 bits per heavy atom. The zero-order chi connectivity index (χ0) is 10.2. The van der Waals surface area contributed by atoms with Gasteiger partial charge in [0.1, 0.15) is 6.61 Å². The van der Waals surface area contributed by atoms with Gasteiger partial charge in [-0.25, -0.2) is 5.11 Å². The van der Waals surface area contributed by atoms with Crippen LogP contribution in [0.2, 0.25) is 0 Å². The highest BCUT2D eigenvalue weighted by molar-refractivity contribution is 4.77. The molecule has 0 spiro atoms. The molecule has 1 radical (unpaired) electrons. The van der Waals surface area contributed by atoms with E-state index in [2.05, 4.69) is 11.0 Å². The summed E-state index contributed by atoms with van der Waals surface area (Å²) in [4.78, 5) is 2.28. The van der Waals surface area contributed by atoms with E-state index in [9.17, 15) is 5.11 Å². The molecule has 0 amide bonds. The van der Waals surface area contributed by atoms with Crippen molar-refractivity contribution in [2.24, 2.45) is 0 Å². The summed E-state index contributed by atoms with van der Waals surface area (Å²) in [5.74, 6) is 0. The van der Waals surface area contributed by atoms with E-state index < -0.39 is 0 Å². The van der Waals surface area contributed by atoms with Gasteiger partial charge in [0.25, 0.3) is 0 Å². The summed E-state index contributed by atoms with van der Waals surface area (Å²) in [5.41, 5.74) is 0. The van der Waals surface area contributed by atoms with E-state index in [0.29, 0.717) is 13.0 Å². The van der Waals surface area contributed by atoms with Crippen molar-refractivity contribution in [3.05, 3.63) is 0 Å². The smallest absolute Gasteiger partial charge is 0.106 e. The van der Waals surface area contributed by atoms with Crippen LogP contribution in [0.15, 0.2) is 0 Å². The Hall–Kier alpha value is -0.630. The van der Waals surface area contributed by atoms with Crippen molar-refractivity contribution in [2.45, 2.75) is 25.4 Å². The molecule has 0 atom stereocenters. The number of nitriles is 1. The molecule has 1 rings (SSSR count). The number of likely N-dealkylation sites (tertiary alicyclic amines) is 1. The molecule has 0 aromatic carbocycles. The van der Waals surface area contributed by atoms with Crippen molar-refractivity contribution in [3.63, 3.8) is 0 Å². The molecule has 0 aromatic heterocycles. The predicted molar refractivity (Wildman–Crippen MR) is 51.2 cm³/mol. The van der Waals surface area contributed by atoms with Crippen LogP contribution in [0.4, 0.5) is 0 Å². The van der Waals surface area contributed by atoms with Gasteiger partial charge in [0.2, 0.25) is 0 Å². The van der Waals surface area contributed by atoms with Gasteiger partial charge in [-0.15, -0.1) is 0 Å². The Bertz CT molecular complexity index is 183. The molecule has 1 aliphatic rings. The molecule has 0 saturated carbocycles. The Balaban J connectivity index is 2.09. The van der Waals surface area contributed by atoms with Gasteiger partial charge in [-0.2, -0.15) is 5.26 Å².